The molecule has 1 aromatic rings. The van der Waals surface area contributed by atoms with Crippen LogP contribution in [0, 0.1) is 5.92 Å². The van der Waals surface area contributed by atoms with Crippen LogP contribution in [0.1, 0.15) is 18.2 Å². The molecule has 2 N–H and O–H groups in total. The number of carbonyl (C=O) groups is 1. The summed E-state index contributed by atoms with van der Waals surface area (Å²) < 4.78 is 1.14. The second-order valence-corrected chi connectivity index (χ2v) is 6.46. The summed E-state index contributed by atoms with van der Waals surface area (Å²) in [5.41, 5.74) is 0. The van der Waals surface area contributed by atoms with Crippen LogP contribution < -0.4 is 10.6 Å². The zero-order chi connectivity index (χ0) is 12.7. The molecule has 0 aromatic carbocycles. The van der Waals surface area contributed by atoms with Crippen LogP contribution in [0.3, 0.4) is 0 Å². The van der Waals surface area contributed by atoms with Gasteiger partial charge in [0.15, 0.2) is 0 Å². The number of carbonyl (C=O) groups excluding carboxylic acids is 1. The van der Waals surface area contributed by atoms with Crippen molar-refractivity contribution in [1.29, 1.82) is 0 Å². The Morgan fingerprint density at radius 3 is 2.82 bits per heavy atom. The van der Waals surface area contributed by atoms with Crippen molar-refractivity contribution in [2.75, 3.05) is 20.1 Å². The number of nitrogens with one attached hydrogen (secondary N) is 2. The predicted octanol–water partition coefficient (Wildman–Crippen LogP) is 2.41. The van der Waals surface area contributed by atoms with Crippen molar-refractivity contribution in [2.24, 2.45) is 5.92 Å². The summed E-state index contributed by atoms with van der Waals surface area (Å²) in [6.07, 6.45) is 1.77. The van der Waals surface area contributed by atoms with Crippen molar-refractivity contribution in [2.45, 2.75) is 19.8 Å². The number of rotatable bonds is 7. The fourth-order valence-electron chi connectivity index (χ4n) is 1.61. The van der Waals surface area contributed by atoms with Gasteiger partial charge >= 0.3 is 0 Å². The lowest BCUT2D eigenvalue weighted by Gasteiger charge is -2.13. The zero-order valence-electron chi connectivity index (χ0n) is 10.3. The quantitative estimate of drug-likeness (QED) is 0.810. The Kier molecular flexibility index (Phi) is 6.77. The standard InChI is InChI=1S/C12H19BrN2OS/c1-3-9(8-14-2)12(16)15-7-6-10-4-5-11(13)17-10/h4-5,9,14H,3,6-8H2,1-2H3,(H,15,16). The van der Waals surface area contributed by atoms with Crippen molar-refractivity contribution in [3.8, 4) is 0 Å². The van der Waals surface area contributed by atoms with E-state index in [9.17, 15) is 4.79 Å². The van der Waals surface area contributed by atoms with E-state index in [0.29, 0.717) is 6.54 Å². The van der Waals surface area contributed by atoms with Gasteiger partial charge < -0.3 is 10.6 Å². The summed E-state index contributed by atoms with van der Waals surface area (Å²) in [4.78, 5) is 13.1. The van der Waals surface area contributed by atoms with Gasteiger partial charge in [-0.2, -0.15) is 0 Å². The van der Waals surface area contributed by atoms with Gasteiger partial charge in [-0.1, -0.05) is 6.92 Å². The minimum absolute atomic E-state index is 0.0788. The summed E-state index contributed by atoms with van der Waals surface area (Å²) in [5, 5.41) is 6.03. The first-order valence-electron chi connectivity index (χ1n) is 5.83. The van der Waals surface area contributed by atoms with E-state index in [0.717, 1.165) is 23.2 Å². The number of thiophene rings is 1. The maximum absolute atomic E-state index is 11.8. The van der Waals surface area contributed by atoms with Gasteiger partial charge in [-0.05, 0) is 48.0 Å². The number of hydrogen-bond donors (Lipinski definition) is 2. The molecule has 1 rings (SSSR count). The van der Waals surface area contributed by atoms with Crippen LogP contribution in [0.5, 0.6) is 0 Å². The van der Waals surface area contributed by atoms with Gasteiger partial charge in [-0.15, -0.1) is 11.3 Å². The van der Waals surface area contributed by atoms with Crippen LogP contribution in [-0.4, -0.2) is 26.0 Å². The first kappa shape index (κ1) is 14.7. The SMILES string of the molecule is CCC(CNC)C(=O)NCCc1ccc(Br)s1. The van der Waals surface area contributed by atoms with E-state index >= 15 is 0 Å². The van der Waals surface area contributed by atoms with Crippen molar-refractivity contribution in [3.63, 3.8) is 0 Å². The lowest BCUT2D eigenvalue weighted by atomic mass is 10.1. The lowest BCUT2D eigenvalue weighted by Crippen LogP contribution is -2.36. The lowest BCUT2D eigenvalue weighted by molar-refractivity contribution is -0.124. The Labute approximate surface area is 115 Å². The molecule has 0 aliphatic carbocycles. The highest BCUT2D eigenvalue weighted by Gasteiger charge is 2.14. The third kappa shape index (κ3) is 5.19. The molecule has 0 aliphatic rings. The molecule has 0 fully saturated rings. The molecule has 1 heterocycles. The summed E-state index contributed by atoms with van der Waals surface area (Å²) in [5.74, 6) is 0.229. The average molecular weight is 319 g/mol. The highest BCUT2D eigenvalue weighted by Crippen LogP contribution is 2.22. The summed E-state index contributed by atoms with van der Waals surface area (Å²) >= 11 is 5.15. The summed E-state index contributed by atoms with van der Waals surface area (Å²) in [7, 11) is 1.87. The molecule has 0 saturated heterocycles. The molecule has 96 valence electrons. The summed E-state index contributed by atoms with van der Waals surface area (Å²) in [6, 6.07) is 4.13. The third-order valence-electron chi connectivity index (χ3n) is 2.61. The Bertz CT molecular complexity index is 354. The predicted molar refractivity (Wildman–Crippen MR) is 76.4 cm³/mol. The number of amides is 1. The van der Waals surface area contributed by atoms with E-state index < -0.39 is 0 Å². The minimum atomic E-state index is 0.0788. The van der Waals surface area contributed by atoms with Crippen LogP contribution in [0.15, 0.2) is 15.9 Å². The molecule has 0 bridgehead atoms. The molecule has 3 nitrogen and oxygen atoms in total. The second-order valence-electron chi connectivity index (χ2n) is 3.91. The van der Waals surface area contributed by atoms with Gasteiger partial charge in [-0.25, -0.2) is 0 Å². The monoisotopic (exact) mass is 318 g/mol. The molecule has 0 radical (unpaired) electrons. The van der Waals surface area contributed by atoms with Crippen molar-refractivity contribution in [1.82, 2.24) is 10.6 Å². The first-order valence-corrected chi connectivity index (χ1v) is 7.44. The van der Waals surface area contributed by atoms with Gasteiger partial charge in [0.25, 0.3) is 0 Å². The van der Waals surface area contributed by atoms with Gasteiger partial charge in [0.05, 0.1) is 9.70 Å². The van der Waals surface area contributed by atoms with Crippen LogP contribution in [0.4, 0.5) is 0 Å². The Morgan fingerprint density at radius 1 is 1.53 bits per heavy atom. The highest BCUT2D eigenvalue weighted by molar-refractivity contribution is 9.11. The van der Waals surface area contributed by atoms with E-state index in [4.69, 9.17) is 0 Å². The minimum Gasteiger partial charge on any atom is -0.355 e. The molecule has 1 unspecified atom stereocenters. The largest absolute Gasteiger partial charge is 0.355 e. The molecule has 5 heteroatoms. The first-order chi connectivity index (χ1) is 8.17. The van der Waals surface area contributed by atoms with Crippen molar-refractivity contribution >= 4 is 33.2 Å². The normalized spacial score (nSPS) is 12.4. The maximum atomic E-state index is 11.8. The topological polar surface area (TPSA) is 41.1 Å². The highest BCUT2D eigenvalue weighted by atomic mass is 79.9. The molecule has 0 spiro atoms. The zero-order valence-corrected chi connectivity index (χ0v) is 12.7. The van der Waals surface area contributed by atoms with Gasteiger partial charge in [-0.3, -0.25) is 4.79 Å². The average Bonchev–Trinajstić information content (AvgIpc) is 2.71. The van der Waals surface area contributed by atoms with Crippen molar-refractivity contribution < 1.29 is 4.79 Å². The van der Waals surface area contributed by atoms with Crippen LogP contribution >= 0.6 is 27.3 Å². The van der Waals surface area contributed by atoms with E-state index in [2.05, 4.69) is 32.6 Å². The Hall–Kier alpha value is -0.390. The van der Waals surface area contributed by atoms with Gasteiger partial charge in [0.1, 0.15) is 0 Å². The summed E-state index contributed by atoms with van der Waals surface area (Å²) in [6.45, 7) is 3.50. The van der Waals surface area contributed by atoms with Gasteiger partial charge in [0.2, 0.25) is 5.91 Å². The van der Waals surface area contributed by atoms with E-state index in [1.807, 2.05) is 20.0 Å². The molecular weight excluding hydrogens is 300 g/mol. The fraction of sp³-hybridized carbons (Fsp3) is 0.583. The molecule has 1 atom stereocenters. The van der Waals surface area contributed by atoms with Gasteiger partial charge in [0, 0.05) is 18.0 Å². The van der Waals surface area contributed by atoms with E-state index in [1.165, 1.54) is 4.88 Å². The molecule has 1 amide bonds. The number of halogens is 1. The van der Waals surface area contributed by atoms with E-state index in [1.54, 1.807) is 11.3 Å². The Morgan fingerprint density at radius 2 is 2.29 bits per heavy atom. The van der Waals surface area contributed by atoms with Crippen LogP contribution in [0.25, 0.3) is 0 Å². The molecule has 1 aromatic heterocycles. The molecule has 17 heavy (non-hydrogen) atoms. The van der Waals surface area contributed by atoms with Crippen molar-refractivity contribution in [3.05, 3.63) is 20.8 Å². The second kappa shape index (κ2) is 7.84. The van der Waals surface area contributed by atoms with Crippen LogP contribution in [-0.2, 0) is 11.2 Å². The smallest absolute Gasteiger partial charge is 0.224 e. The fourth-order valence-corrected chi connectivity index (χ4v) is 3.09. The molecule has 0 aliphatic heterocycles. The molecular formula is C12H19BrN2OS. The Balaban J connectivity index is 2.28. The number of hydrogen-bond acceptors (Lipinski definition) is 3. The molecule has 0 saturated carbocycles. The van der Waals surface area contributed by atoms with E-state index in [-0.39, 0.29) is 11.8 Å². The third-order valence-corrected chi connectivity index (χ3v) is 4.30. The van der Waals surface area contributed by atoms with Crippen LogP contribution in [0.2, 0.25) is 0 Å². The maximum Gasteiger partial charge on any atom is 0.224 e.